The molecule has 2 atom stereocenters. The number of aryl methyl sites for hydroxylation is 1. The maximum atomic E-state index is 13.3. The minimum atomic E-state index is -3.54. The molecule has 178 valence electrons. The summed E-state index contributed by atoms with van der Waals surface area (Å²) in [5, 5.41) is 13.3. The van der Waals surface area contributed by atoms with E-state index in [4.69, 9.17) is 14.9 Å². The predicted molar refractivity (Wildman–Crippen MR) is 125 cm³/mol. The summed E-state index contributed by atoms with van der Waals surface area (Å²) in [6, 6.07) is -0.587. The van der Waals surface area contributed by atoms with Crippen molar-refractivity contribution in [1.29, 1.82) is 0 Å². The molecule has 2 unspecified atom stereocenters. The summed E-state index contributed by atoms with van der Waals surface area (Å²) in [4.78, 5) is 20.1. The number of urea groups is 1. The van der Waals surface area contributed by atoms with E-state index in [0.717, 1.165) is 60.3 Å². The van der Waals surface area contributed by atoms with Crippen LogP contribution in [-0.4, -0.2) is 56.6 Å². The average Bonchev–Trinajstić information content (AvgIpc) is 3.44. The number of nitrogens with two attached hydrogens (primary N) is 1. The van der Waals surface area contributed by atoms with Crippen LogP contribution in [0.25, 0.3) is 0 Å². The van der Waals surface area contributed by atoms with Gasteiger partial charge >= 0.3 is 6.03 Å². The lowest BCUT2D eigenvalue weighted by Crippen LogP contribution is -2.41. The van der Waals surface area contributed by atoms with Crippen molar-refractivity contribution >= 4 is 21.6 Å². The molecule has 0 saturated heterocycles. The molecule has 1 aliphatic heterocycles. The highest BCUT2D eigenvalue weighted by molar-refractivity contribution is 7.91. The van der Waals surface area contributed by atoms with Gasteiger partial charge in [0.05, 0.1) is 30.2 Å². The number of rotatable bonds is 3. The SMILES string of the molecule is CN(C)C1COc2c(S(N)(=O)=NC(=O)Nc3c4c(nc5c3CCC5(C)C)CCC4)cnn2C1. The van der Waals surface area contributed by atoms with Crippen LogP contribution in [0.5, 0.6) is 5.88 Å². The van der Waals surface area contributed by atoms with Crippen LogP contribution < -0.4 is 15.2 Å². The van der Waals surface area contributed by atoms with E-state index in [1.807, 2.05) is 19.0 Å². The number of fused-ring (bicyclic) bond motifs is 3. The summed E-state index contributed by atoms with van der Waals surface area (Å²) in [5.74, 6) is 0.310. The second-order valence-electron chi connectivity index (χ2n) is 9.99. The van der Waals surface area contributed by atoms with Gasteiger partial charge < -0.3 is 15.0 Å². The number of amides is 2. The smallest absolute Gasteiger partial charge is 0.354 e. The molecule has 3 aliphatic rings. The number of anilines is 1. The highest BCUT2D eigenvalue weighted by Crippen LogP contribution is 2.44. The Morgan fingerprint density at radius 2 is 2.12 bits per heavy atom. The number of carbonyl (C=O) groups is 1. The zero-order valence-electron chi connectivity index (χ0n) is 19.6. The molecule has 0 bridgehead atoms. The molecular formula is C22H31N7O3S. The first kappa shape index (κ1) is 22.3. The molecule has 0 saturated carbocycles. The largest absolute Gasteiger partial charge is 0.475 e. The van der Waals surface area contributed by atoms with Crippen LogP contribution in [0.15, 0.2) is 15.5 Å². The Morgan fingerprint density at radius 3 is 2.88 bits per heavy atom. The molecule has 3 heterocycles. The molecule has 0 radical (unpaired) electrons. The number of nitrogens with zero attached hydrogens (tertiary/aromatic N) is 5. The first-order chi connectivity index (χ1) is 15.6. The number of pyridine rings is 1. The van der Waals surface area contributed by atoms with Crippen LogP contribution in [0, 0.1) is 0 Å². The molecular weight excluding hydrogens is 442 g/mol. The van der Waals surface area contributed by atoms with Crippen LogP contribution in [0.1, 0.15) is 49.2 Å². The molecule has 0 aromatic carbocycles. The maximum Gasteiger partial charge on any atom is 0.354 e. The van der Waals surface area contributed by atoms with E-state index in [9.17, 15) is 9.00 Å². The van der Waals surface area contributed by atoms with Crippen LogP contribution in [-0.2, 0) is 41.1 Å². The van der Waals surface area contributed by atoms with Crippen molar-refractivity contribution in [3.63, 3.8) is 0 Å². The minimum absolute atomic E-state index is 0.0377. The van der Waals surface area contributed by atoms with Gasteiger partial charge in [0.2, 0.25) is 5.88 Å². The summed E-state index contributed by atoms with van der Waals surface area (Å²) in [6.07, 6.45) is 5.97. The molecule has 10 nitrogen and oxygen atoms in total. The predicted octanol–water partition coefficient (Wildman–Crippen LogP) is 2.25. The third-order valence-corrected chi connectivity index (χ3v) is 8.36. The molecule has 2 amide bonds. The Kier molecular flexibility index (Phi) is 5.26. The average molecular weight is 474 g/mol. The van der Waals surface area contributed by atoms with E-state index in [-0.39, 0.29) is 16.4 Å². The zero-order chi connectivity index (χ0) is 23.5. The molecule has 3 N–H and O–H groups in total. The van der Waals surface area contributed by atoms with Gasteiger partial charge in [-0.1, -0.05) is 13.8 Å². The molecule has 2 aliphatic carbocycles. The molecule has 5 rings (SSSR count). The molecule has 11 heteroatoms. The fraction of sp³-hybridized carbons (Fsp3) is 0.591. The quantitative estimate of drug-likeness (QED) is 0.704. The molecule has 2 aromatic heterocycles. The normalized spacial score (nSPS) is 22.2. The third kappa shape index (κ3) is 3.81. The lowest BCUT2D eigenvalue weighted by Gasteiger charge is -2.29. The highest BCUT2D eigenvalue weighted by Gasteiger charge is 2.36. The highest BCUT2D eigenvalue weighted by atomic mass is 32.2. The van der Waals surface area contributed by atoms with Crippen molar-refractivity contribution in [2.45, 2.75) is 68.8 Å². The van der Waals surface area contributed by atoms with Crippen molar-refractivity contribution in [3.8, 4) is 5.88 Å². The number of carbonyl (C=O) groups excluding carboxylic acids is 1. The summed E-state index contributed by atoms with van der Waals surface area (Å²) in [6.45, 7) is 5.35. The number of hydrogen-bond donors (Lipinski definition) is 2. The van der Waals surface area contributed by atoms with Gasteiger partial charge in [-0.15, -0.1) is 4.36 Å². The lowest BCUT2D eigenvalue weighted by molar-refractivity contribution is 0.117. The number of ether oxygens (including phenoxy) is 1. The second kappa shape index (κ2) is 7.78. The zero-order valence-corrected chi connectivity index (χ0v) is 20.4. The summed E-state index contributed by atoms with van der Waals surface area (Å²) in [5.41, 5.74) is 4.96. The van der Waals surface area contributed by atoms with Gasteiger partial charge in [-0.2, -0.15) is 5.10 Å². The van der Waals surface area contributed by atoms with E-state index >= 15 is 0 Å². The molecule has 0 spiro atoms. The fourth-order valence-electron chi connectivity index (χ4n) is 5.01. The van der Waals surface area contributed by atoms with Gasteiger partial charge in [0.25, 0.3) is 0 Å². The van der Waals surface area contributed by atoms with E-state index < -0.39 is 15.9 Å². The summed E-state index contributed by atoms with van der Waals surface area (Å²) >= 11 is 0. The molecule has 0 fully saturated rings. The van der Waals surface area contributed by atoms with Crippen LogP contribution in [0.3, 0.4) is 0 Å². The maximum absolute atomic E-state index is 13.3. The monoisotopic (exact) mass is 473 g/mol. The Labute approximate surface area is 194 Å². The van der Waals surface area contributed by atoms with E-state index in [0.29, 0.717) is 19.0 Å². The van der Waals surface area contributed by atoms with Crippen molar-refractivity contribution in [2.75, 3.05) is 26.0 Å². The van der Waals surface area contributed by atoms with Crippen LogP contribution in [0.2, 0.25) is 0 Å². The first-order valence-electron chi connectivity index (χ1n) is 11.3. The van der Waals surface area contributed by atoms with Crippen molar-refractivity contribution in [3.05, 3.63) is 28.7 Å². The number of likely N-dealkylation sites (N-methyl/N-ethyl adjacent to an activating group) is 1. The molecule has 2 aromatic rings. The van der Waals surface area contributed by atoms with Gasteiger partial charge in [0.15, 0.2) is 9.92 Å². The Balaban J connectivity index is 1.46. The standard InChI is InChI=1S/C22H31N7O3S/c1-22(2)9-8-15-18(14-6-5-7-16(14)25-19(15)22)26-21(30)27-33(23,31)17-10-24-29-11-13(28(3)4)12-32-20(17)29/h10,13H,5-9,11-12H2,1-4H3,(H3,23,25,26,27,30,31). The van der Waals surface area contributed by atoms with Gasteiger partial charge in [-0.05, 0) is 57.3 Å². The van der Waals surface area contributed by atoms with Gasteiger partial charge in [0.1, 0.15) is 11.5 Å². The first-order valence-corrected chi connectivity index (χ1v) is 12.9. The Hall–Kier alpha value is -2.50. The summed E-state index contributed by atoms with van der Waals surface area (Å²) < 4.78 is 24.6. The molecule has 33 heavy (non-hydrogen) atoms. The van der Waals surface area contributed by atoms with E-state index in [2.05, 4.69) is 28.6 Å². The third-order valence-electron chi connectivity index (χ3n) is 7.02. The van der Waals surface area contributed by atoms with Gasteiger partial charge in [-0.3, -0.25) is 4.98 Å². The second-order valence-corrected chi connectivity index (χ2v) is 11.8. The van der Waals surface area contributed by atoms with Crippen molar-refractivity contribution in [1.82, 2.24) is 19.7 Å². The minimum Gasteiger partial charge on any atom is -0.475 e. The van der Waals surface area contributed by atoms with Crippen LogP contribution in [0.4, 0.5) is 10.5 Å². The number of nitrogens with one attached hydrogen (secondary N) is 1. The lowest BCUT2D eigenvalue weighted by atomic mass is 9.90. The van der Waals surface area contributed by atoms with E-state index in [1.54, 1.807) is 4.68 Å². The van der Waals surface area contributed by atoms with Crippen molar-refractivity contribution < 1.29 is 13.7 Å². The van der Waals surface area contributed by atoms with Gasteiger partial charge in [-0.25, -0.2) is 18.8 Å². The number of aromatic nitrogens is 3. The fourth-order valence-corrected chi connectivity index (χ4v) is 6.01. The van der Waals surface area contributed by atoms with Gasteiger partial charge in [0, 0.05) is 11.1 Å². The van der Waals surface area contributed by atoms with Crippen LogP contribution >= 0.6 is 0 Å². The van der Waals surface area contributed by atoms with E-state index in [1.165, 1.54) is 6.20 Å². The Bertz CT molecular complexity index is 1260. The Morgan fingerprint density at radius 1 is 1.33 bits per heavy atom. The van der Waals surface area contributed by atoms with Crippen molar-refractivity contribution in [2.24, 2.45) is 9.50 Å². The topological polar surface area (TPSA) is 128 Å². The summed E-state index contributed by atoms with van der Waals surface area (Å²) in [7, 11) is 0.381. The number of hydrogen-bond acceptors (Lipinski definition) is 6.